The van der Waals surface area contributed by atoms with Gasteiger partial charge in [0.1, 0.15) is 22.5 Å². The third-order valence-corrected chi connectivity index (χ3v) is 6.17. The van der Waals surface area contributed by atoms with Crippen LogP contribution in [-0.2, 0) is 5.60 Å². The number of aryl methyl sites for hydroxylation is 1. The number of hydrogen-bond donors (Lipinski definition) is 0. The van der Waals surface area contributed by atoms with Crippen molar-refractivity contribution < 1.29 is 9.15 Å². The Morgan fingerprint density at radius 2 is 1.37 bits per heavy atom. The van der Waals surface area contributed by atoms with E-state index in [1.807, 2.05) is 0 Å². The lowest BCUT2D eigenvalue weighted by atomic mass is 9.85. The molecule has 0 fully saturated rings. The van der Waals surface area contributed by atoms with E-state index in [0.29, 0.717) is 0 Å². The zero-order chi connectivity index (χ0) is 20.5. The van der Waals surface area contributed by atoms with Crippen LogP contribution in [-0.4, -0.2) is 0 Å². The molecule has 0 amide bonds. The minimum absolute atomic E-state index is 0.358. The molecule has 5 aromatic rings. The predicted molar refractivity (Wildman–Crippen MR) is 123 cm³/mol. The summed E-state index contributed by atoms with van der Waals surface area (Å²) in [6.07, 6.45) is 0. The molecule has 0 unspecified atom stereocenters. The number of fused-ring (bicyclic) bond motifs is 6. The van der Waals surface area contributed by atoms with Crippen LogP contribution in [0, 0.1) is 6.92 Å². The molecule has 1 aliphatic heterocycles. The molecule has 0 spiro atoms. The van der Waals surface area contributed by atoms with Crippen molar-refractivity contribution in [3.63, 3.8) is 0 Å². The highest BCUT2D eigenvalue weighted by Gasteiger charge is 2.32. The summed E-state index contributed by atoms with van der Waals surface area (Å²) in [6, 6.07) is 27.8. The predicted octanol–water partition coefficient (Wildman–Crippen LogP) is 7.86. The Balaban J connectivity index is 1.49. The summed E-state index contributed by atoms with van der Waals surface area (Å²) in [6.45, 7) is 6.35. The van der Waals surface area contributed by atoms with Crippen LogP contribution in [0.4, 0.5) is 0 Å². The molecule has 1 aromatic heterocycles. The fourth-order valence-electron chi connectivity index (χ4n) is 4.65. The molecule has 30 heavy (non-hydrogen) atoms. The molecule has 0 radical (unpaired) electrons. The van der Waals surface area contributed by atoms with Crippen molar-refractivity contribution in [1.29, 1.82) is 0 Å². The summed E-state index contributed by atoms with van der Waals surface area (Å²) in [5.74, 6) is 0.927. The van der Waals surface area contributed by atoms with E-state index in [-0.39, 0.29) is 5.60 Å². The molecule has 1 aliphatic rings. The SMILES string of the molecule is Cc1ccc2c(c1)oc1cc(-c3ccc4c(c3)OC(C)(C)c3ccccc3-4)ccc12. The minimum Gasteiger partial charge on any atom is -0.482 e. The zero-order valence-corrected chi connectivity index (χ0v) is 17.3. The van der Waals surface area contributed by atoms with Crippen molar-refractivity contribution in [3.8, 4) is 28.0 Å². The van der Waals surface area contributed by atoms with Crippen LogP contribution in [0.25, 0.3) is 44.2 Å². The number of furan rings is 1. The number of rotatable bonds is 1. The second kappa shape index (κ2) is 5.99. The van der Waals surface area contributed by atoms with Gasteiger partial charge in [-0.05, 0) is 67.3 Å². The van der Waals surface area contributed by atoms with Crippen LogP contribution < -0.4 is 4.74 Å². The molecule has 146 valence electrons. The quantitative estimate of drug-likeness (QED) is 0.291. The molecule has 4 aromatic carbocycles. The van der Waals surface area contributed by atoms with Gasteiger partial charge in [-0.2, -0.15) is 0 Å². The van der Waals surface area contributed by atoms with Gasteiger partial charge in [0, 0.05) is 21.9 Å². The molecule has 0 aliphatic carbocycles. The molecule has 6 rings (SSSR count). The summed E-state index contributed by atoms with van der Waals surface area (Å²) >= 11 is 0. The lowest BCUT2D eigenvalue weighted by molar-refractivity contribution is 0.106. The highest BCUT2D eigenvalue weighted by atomic mass is 16.5. The van der Waals surface area contributed by atoms with Gasteiger partial charge in [-0.15, -0.1) is 0 Å². The van der Waals surface area contributed by atoms with E-state index in [4.69, 9.17) is 9.15 Å². The highest BCUT2D eigenvalue weighted by Crippen LogP contribution is 2.46. The third-order valence-electron chi connectivity index (χ3n) is 6.17. The molecule has 2 nitrogen and oxygen atoms in total. The fourth-order valence-corrected chi connectivity index (χ4v) is 4.65. The average Bonchev–Trinajstić information content (AvgIpc) is 3.09. The smallest absolute Gasteiger partial charge is 0.136 e. The van der Waals surface area contributed by atoms with Gasteiger partial charge in [-0.3, -0.25) is 0 Å². The van der Waals surface area contributed by atoms with E-state index in [1.165, 1.54) is 16.7 Å². The first-order valence-electron chi connectivity index (χ1n) is 10.4. The summed E-state index contributed by atoms with van der Waals surface area (Å²) in [5, 5.41) is 2.31. The first-order valence-corrected chi connectivity index (χ1v) is 10.4. The fraction of sp³-hybridized carbons (Fsp3) is 0.143. The lowest BCUT2D eigenvalue weighted by Gasteiger charge is -2.35. The number of benzene rings is 4. The Labute approximate surface area is 175 Å². The van der Waals surface area contributed by atoms with E-state index >= 15 is 0 Å². The van der Waals surface area contributed by atoms with Gasteiger partial charge in [0.25, 0.3) is 0 Å². The topological polar surface area (TPSA) is 22.4 Å². The summed E-state index contributed by atoms with van der Waals surface area (Å²) in [5.41, 5.74) is 8.58. The largest absolute Gasteiger partial charge is 0.482 e. The van der Waals surface area contributed by atoms with Crippen molar-refractivity contribution >= 4 is 21.9 Å². The Hall–Kier alpha value is -3.52. The molecule has 2 heterocycles. The van der Waals surface area contributed by atoms with Crippen LogP contribution in [0.3, 0.4) is 0 Å². The van der Waals surface area contributed by atoms with Crippen molar-refractivity contribution in [2.24, 2.45) is 0 Å². The maximum absolute atomic E-state index is 6.43. The van der Waals surface area contributed by atoms with Crippen LogP contribution in [0.15, 0.2) is 83.3 Å². The van der Waals surface area contributed by atoms with Crippen LogP contribution in [0.5, 0.6) is 5.75 Å². The Kier molecular flexibility index (Phi) is 3.47. The van der Waals surface area contributed by atoms with E-state index < -0.39 is 0 Å². The zero-order valence-electron chi connectivity index (χ0n) is 17.3. The monoisotopic (exact) mass is 390 g/mol. The molecule has 0 bridgehead atoms. The molecule has 0 saturated heterocycles. The average molecular weight is 390 g/mol. The summed E-state index contributed by atoms with van der Waals surface area (Å²) < 4.78 is 12.6. The van der Waals surface area contributed by atoms with Crippen molar-refractivity contribution in [2.75, 3.05) is 0 Å². The summed E-state index contributed by atoms with van der Waals surface area (Å²) in [7, 11) is 0. The Morgan fingerprint density at radius 3 is 2.23 bits per heavy atom. The maximum Gasteiger partial charge on any atom is 0.136 e. The first kappa shape index (κ1) is 17.3. The minimum atomic E-state index is -0.358. The number of hydrogen-bond acceptors (Lipinski definition) is 2. The van der Waals surface area contributed by atoms with E-state index in [9.17, 15) is 0 Å². The molecular weight excluding hydrogens is 368 g/mol. The van der Waals surface area contributed by atoms with Crippen LogP contribution in [0.2, 0.25) is 0 Å². The maximum atomic E-state index is 6.43. The normalized spacial score (nSPS) is 14.4. The number of ether oxygens (including phenoxy) is 1. The third kappa shape index (κ3) is 2.50. The molecular formula is C28H22O2. The van der Waals surface area contributed by atoms with Gasteiger partial charge in [0.2, 0.25) is 0 Å². The van der Waals surface area contributed by atoms with Gasteiger partial charge in [0.05, 0.1) is 0 Å². The van der Waals surface area contributed by atoms with Crippen LogP contribution >= 0.6 is 0 Å². The summed E-state index contributed by atoms with van der Waals surface area (Å²) in [4.78, 5) is 0. The van der Waals surface area contributed by atoms with Crippen molar-refractivity contribution in [3.05, 3.63) is 90.0 Å². The van der Waals surface area contributed by atoms with E-state index in [0.717, 1.165) is 44.4 Å². The Bertz CT molecular complexity index is 1450. The van der Waals surface area contributed by atoms with Crippen LogP contribution in [0.1, 0.15) is 25.0 Å². The van der Waals surface area contributed by atoms with Crippen molar-refractivity contribution in [1.82, 2.24) is 0 Å². The highest BCUT2D eigenvalue weighted by molar-refractivity contribution is 6.06. The molecule has 0 N–H and O–H groups in total. The van der Waals surface area contributed by atoms with E-state index in [1.54, 1.807) is 0 Å². The second-order valence-corrected chi connectivity index (χ2v) is 8.68. The van der Waals surface area contributed by atoms with Gasteiger partial charge < -0.3 is 9.15 Å². The standard InChI is InChI=1S/C28H22O2/c1-17-8-11-22-23-13-10-18(15-26(23)29-25(22)14-17)19-9-12-21-20-6-4-5-7-24(20)28(2,3)30-27(21)16-19/h4-16H,1-3H3. The molecule has 2 heteroatoms. The second-order valence-electron chi connectivity index (χ2n) is 8.68. The molecule has 0 saturated carbocycles. The first-order chi connectivity index (χ1) is 14.5. The lowest BCUT2D eigenvalue weighted by Crippen LogP contribution is -2.29. The van der Waals surface area contributed by atoms with Gasteiger partial charge in [0.15, 0.2) is 0 Å². The molecule has 0 atom stereocenters. The van der Waals surface area contributed by atoms with Crippen molar-refractivity contribution in [2.45, 2.75) is 26.4 Å². The van der Waals surface area contributed by atoms with E-state index in [2.05, 4.69) is 99.6 Å². The van der Waals surface area contributed by atoms with Gasteiger partial charge in [-0.25, -0.2) is 0 Å². The van der Waals surface area contributed by atoms with Gasteiger partial charge >= 0.3 is 0 Å². The van der Waals surface area contributed by atoms with Gasteiger partial charge in [-0.1, -0.05) is 54.6 Å². The Morgan fingerprint density at radius 1 is 0.667 bits per heavy atom.